The fourth-order valence-electron chi connectivity index (χ4n) is 4.77. The summed E-state index contributed by atoms with van der Waals surface area (Å²) in [5.74, 6) is -1.19. The van der Waals surface area contributed by atoms with Gasteiger partial charge in [-0.1, -0.05) is 18.2 Å². The lowest BCUT2D eigenvalue weighted by Crippen LogP contribution is -2.51. The predicted octanol–water partition coefficient (Wildman–Crippen LogP) is 3.31. The third kappa shape index (κ3) is 7.42. The summed E-state index contributed by atoms with van der Waals surface area (Å²) >= 11 is 0. The van der Waals surface area contributed by atoms with Crippen molar-refractivity contribution in [1.29, 1.82) is 0 Å². The number of nitrogens with one attached hydrogen (secondary N) is 2. The van der Waals surface area contributed by atoms with Gasteiger partial charge in [-0.15, -0.1) is 0 Å². The van der Waals surface area contributed by atoms with Crippen LogP contribution in [0.2, 0.25) is 0 Å². The maximum atomic E-state index is 15.0. The number of methoxy groups -OCH3 is 1. The molecule has 0 saturated carbocycles. The van der Waals surface area contributed by atoms with Crippen LogP contribution < -0.4 is 16.4 Å². The van der Waals surface area contributed by atoms with Gasteiger partial charge in [0.2, 0.25) is 0 Å². The molecule has 10 nitrogen and oxygen atoms in total. The van der Waals surface area contributed by atoms with Crippen LogP contribution in [0.1, 0.15) is 38.2 Å². The van der Waals surface area contributed by atoms with E-state index in [1.165, 1.54) is 17.6 Å². The van der Waals surface area contributed by atoms with Crippen molar-refractivity contribution < 1.29 is 31.9 Å². The Balaban J connectivity index is 1.48. The molecule has 1 amide bonds. The Hall–Kier alpha value is -3.16. The van der Waals surface area contributed by atoms with Gasteiger partial charge >= 0.3 is 0 Å². The molecule has 0 aliphatic carbocycles. The van der Waals surface area contributed by atoms with Crippen LogP contribution in [-0.4, -0.2) is 63.1 Å². The highest BCUT2D eigenvalue weighted by molar-refractivity contribution is 7.92. The third-order valence-electron chi connectivity index (χ3n) is 7.68. The number of pyridine rings is 1. The lowest BCUT2D eigenvalue weighted by Gasteiger charge is -2.28. The average Bonchev–Trinajstić information content (AvgIpc) is 2.97. The minimum absolute atomic E-state index is 0.0258. The van der Waals surface area contributed by atoms with Crippen LogP contribution in [0.25, 0.3) is 21.9 Å². The van der Waals surface area contributed by atoms with E-state index >= 15 is 0 Å². The molecule has 2 heterocycles. The Kier molecular flexibility index (Phi) is 10.5. The number of benzene rings is 2. The van der Waals surface area contributed by atoms with Crippen LogP contribution in [0.3, 0.4) is 0 Å². The van der Waals surface area contributed by atoms with Gasteiger partial charge in [-0.05, 0) is 67.0 Å². The number of amides is 1. The summed E-state index contributed by atoms with van der Waals surface area (Å²) in [6.45, 7) is 3.53. The quantitative estimate of drug-likeness (QED) is 0.225. The number of nitrogens with zero attached hydrogens (tertiary/aromatic N) is 1. The van der Waals surface area contributed by atoms with Gasteiger partial charge in [-0.3, -0.25) is 9.59 Å². The number of sulfone groups is 1. The maximum absolute atomic E-state index is 15.0. The van der Waals surface area contributed by atoms with E-state index in [1.54, 1.807) is 43.6 Å². The van der Waals surface area contributed by atoms with Crippen molar-refractivity contribution in [1.82, 2.24) is 15.4 Å². The molecule has 1 aliphatic rings. The first-order valence-corrected chi connectivity index (χ1v) is 15.8. The molecule has 2 aromatic carbocycles. The van der Waals surface area contributed by atoms with Gasteiger partial charge in [0.05, 0.1) is 6.61 Å². The van der Waals surface area contributed by atoms with Crippen LogP contribution in [0.5, 0.6) is 0 Å². The van der Waals surface area contributed by atoms with Gasteiger partial charge in [0, 0.05) is 63.2 Å². The highest BCUT2D eigenvalue weighted by Gasteiger charge is 2.44. The molecule has 0 radical (unpaired) electrons. The number of fused-ring (bicyclic) bond motifs is 1. The summed E-state index contributed by atoms with van der Waals surface area (Å²) < 4.78 is 50.3. The summed E-state index contributed by atoms with van der Waals surface area (Å²) in [5.41, 5.74) is 3.75. The number of halogens is 1. The second kappa shape index (κ2) is 13.9. The number of ether oxygens (including phenoxy) is 2. The van der Waals surface area contributed by atoms with E-state index in [9.17, 15) is 22.4 Å². The molecule has 12 heteroatoms. The molecule has 228 valence electrons. The molecule has 42 heavy (non-hydrogen) atoms. The Labute approximate surface area is 245 Å². The second-order valence-corrected chi connectivity index (χ2v) is 13.1. The molecule has 1 aromatic heterocycles. The largest absolute Gasteiger partial charge is 0.383 e. The molecule has 2 unspecified atom stereocenters. The summed E-state index contributed by atoms with van der Waals surface area (Å²) in [6, 6.07) is 11.8. The van der Waals surface area contributed by atoms with Crippen LogP contribution >= 0.6 is 0 Å². The lowest BCUT2D eigenvalue weighted by atomic mass is 10.00. The minimum Gasteiger partial charge on any atom is -0.383 e. The highest BCUT2D eigenvalue weighted by atomic mass is 32.2. The first kappa shape index (κ1) is 31.8. The van der Waals surface area contributed by atoms with Crippen LogP contribution in [0.15, 0.2) is 53.5 Å². The number of carbonyl (C=O) groups is 1. The molecule has 0 bridgehead atoms. The van der Waals surface area contributed by atoms with Gasteiger partial charge in [0.1, 0.15) is 5.82 Å². The molecule has 2 atom stereocenters. The van der Waals surface area contributed by atoms with Crippen molar-refractivity contribution in [3.8, 4) is 11.1 Å². The Morgan fingerprint density at radius 2 is 2.00 bits per heavy atom. The number of aryl methyl sites for hydroxylation is 1. The summed E-state index contributed by atoms with van der Waals surface area (Å²) in [4.78, 5) is 31.6. The molecular formula is C30H38FN3O7S. The zero-order valence-corrected chi connectivity index (χ0v) is 25.0. The normalized spacial score (nSPS) is 17.2. The van der Waals surface area contributed by atoms with Gasteiger partial charge < -0.3 is 19.4 Å². The first-order valence-electron chi connectivity index (χ1n) is 13.9. The van der Waals surface area contributed by atoms with Crippen molar-refractivity contribution >= 4 is 26.5 Å². The number of hydroxylamine groups is 1. The molecular weight excluding hydrogens is 565 g/mol. The van der Waals surface area contributed by atoms with Crippen molar-refractivity contribution in [2.75, 3.05) is 33.1 Å². The highest BCUT2D eigenvalue weighted by Crippen LogP contribution is 2.27. The SMILES string of the molecule is COCCNCc1ccc(-c2ccc3c(=O)n(CCC(C)(C(=O)NOC4CCCCO4)S(C)(=O)=O)ccc3c2)c(F)c1. The van der Waals surface area contributed by atoms with E-state index < -0.39 is 26.8 Å². The number of hydrogen-bond acceptors (Lipinski definition) is 8. The number of carbonyl (C=O) groups excluding carboxylic acids is 1. The topological polar surface area (TPSA) is 125 Å². The third-order valence-corrected chi connectivity index (χ3v) is 9.71. The van der Waals surface area contributed by atoms with Crippen LogP contribution in [0.4, 0.5) is 4.39 Å². The van der Waals surface area contributed by atoms with Gasteiger partial charge in [-0.25, -0.2) is 23.1 Å². The molecule has 2 N–H and O–H groups in total. The zero-order valence-electron chi connectivity index (χ0n) is 24.2. The Morgan fingerprint density at radius 3 is 2.69 bits per heavy atom. The van der Waals surface area contributed by atoms with E-state index in [1.807, 2.05) is 6.07 Å². The lowest BCUT2D eigenvalue weighted by molar-refractivity contribution is -0.201. The molecule has 1 aliphatic heterocycles. The molecule has 3 aromatic rings. The number of aromatic nitrogens is 1. The predicted molar refractivity (Wildman–Crippen MR) is 158 cm³/mol. The number of hydrogen-bond donors (Lipinski definition) is 2. The summed E-state index contributed by atoms with van der Waals surface area (Å²) in [7, 11) is -2.27. The van der Waals surface area contributed by atoms with E-state index in [-0.39, 0.29) is 24.3 Å². The monoisotopic (exact) mass is 603 g/mol. The van der Waals surface area contributed by atoms with Crippen molar-refractivity contribution in [2.45, 2.75) is 56.7 Å². The fraction of sp³-hybridized carbons (Fsp3) is 0.467. The minimum atomic E-state index is -3.89. The van der Waals surface area contributed by atoms with Gasteiger partial charge in [0.15, 0.2) is 20.9 Å². The number of rotatable bonds is 13. The Morgan fingerprint density at radius 1 is 1.19 bits per heavy atom. The molecule has 1 saturated heterocycles. The first-order chi connectivity index (χ1) is 20.0. The summed E-state index contributed by atoms with van der Waals surface area (Å²) in [5, 5.41) is 4.19. The van der Waals surface area contributed by atoms with E-state index in [0.717, 1.165) is 24.7 Å². The molecule has 0 spiro atoms. The average molecular weight is 604 g/mol. The maximum Gasteiger partial charge on any atom is 0.264 e. The standard InChI is InChI=1S/C30H38FN3O7S/c1-30(42(3,37)38,29(36)33-41-27-6-4-5-16-40-27)12-15-34-14-11-23-19-22(8-10-25(23)28(34)35)24-9-7-21(18-26(24)31)20-32-13-17-39-2/h7-11,14,18-19,27,32H,4-6,12-13,15-17,20H2,1-3H3,(H,33,36). The Bertz CT molecular complexity index is 1570. The van der Waals surface area contributed by atoms with E-state index in [4.69, 9.17) is 14.3 Å². The van der Waals surface area contributed by atoms with Crippen LogP contribution in [0, 0.1) is 5.82 Å². The van der Waals surface area contributed by atoms with Crippen molar-refractivity contribution in [3.63, 3.8) is 0 Å². The second-order valence-electron chi connectivity index (χ2n) is 10.7. The fourth-order valence-corrected chi connectivity index (χ4v) is 5.61. The van der Waals surface area contributed by atoms with Crippen LogP contribution in [-0.2, 0) is 42.0 Å². The van der Waals surface area contributed by atoms with Crippen molar-refractivity contribution in [3.05, 3.63) is 70.4 Å². The van der Waals surface area contributed by atoms with Crippen molar-refractivity contribution in [2.24, 2.45) is 0 Å². The van der Waals surface area contributed by atoms with E-state index in [2.05, 4.69) is 10.8 Å². The zero-order chi connectivity index (χ0) is 30.3. The van der Waals surface area contributed by atoms with E-state index in [0.29, 0.717) is 54.6 Å². The molecule has 1 fully saturated rings. The molecule has 4 rings (SSSR count). The summed E-state index contributed by atoms with van der Waals surface area (Å²) in [6.07, 6.45) is 4.11. The smallest absolute Gasteiger partial charge is 0.264 e. The van der Waals surface area contributed by atoms with Gasteiger partial charge in [-0.2, -0.15) is 0 Å². The van der Waals surface area contributed by atoms with Gasteiger partial charge in [0.25, 0.3) is 11.5 Å².